The Balaban J connectivity index is 1.96. The number of carbonyl (C=O) groups excluding carboxylic acids is 2. The lowest BCUT2D eigenvalue weighted by Gasteiger charge is -2.35. The zero-order chi connectivity index (χ0) is 13.8. The molecule has 1 N–H and O–H groups in total. The molecule has 1 saturated heterocycles. The van der Waals surface area contributed by atoms with Gasteiger partial charge in [-0.15, -0.1) is 0 Å². The summed E-state index contributed by atoms with van der Waals surface area (Å²) in [7, 11) is 0. The van der Waals surface area contributed by atoms with Crippen molar-refractivity contribution in [2.45, 2.75) is 26.1 Å². The summed E-state index contributed by atoms with van der Waals surface area (Å²) in [4.78, 5) is 25.5. The van der Waals surface area contributed by atoms with Crippen LogP contribution < -0.4 is 5.32 Å². The first kappa shape index (κ1) is 13.5. The molecule has 1 aliphatic rings. The van der Waals surface area contributed by atoms with Gasteiger partial charge in [-0.05, 0) is 26.0 Å². The number of urea groups is 1. The van der Waals surface area contributed by atoms with Crippen LogP contribution in [-0.2, 0) is 4.74 Å². The number of imide groups is 1. The van der Waals surface area contributed by atoms with E-state index in [4.69, 9.17) is 4.74 Å². The van der Waals surface area contributed by atoms with E-state index in [0.29, 0.717) is 18.7 Å². The van der Waals surface area contributed by atoms with Crippen molar-refractivity contribution in [3.05, 3.63) is 35.9 Å². The second-order valence-electron chi connectivity index (χ2n) is 4.79. The Bertz CT molecular complexity index is 451. The second-order valence-corrected chi connectivity index (χ2v) is 4.79. The van der Waals surface area contributed by atoms with Gasteiger partial charge in [0.25, 0.3) is 5.91 Å². The largest absolute Gasteiger partial charge is 0.372 e. The van der Waals surface area contributed by atoms with Crippen LogP contribution in [0.25, 0.3) is 0 Å². The zero-order valence-electron chi connectivity index (χ0n) is 11.1. The Hall–Kier alpha value is -1.88. The molecule has 1 heterocycles. The van der Waals surface area contributed by atoms with Gasteiger partial charge in [0, 0.05) is 18.7 Å². The van der Waals surface area contributed by atoms with Crippen molar-refractivity contribution in [3.8, 4) is 0 Å². The van der Waals surface area contributed by atoms with Crippen LogP contribution in [0.1, 0.15) is 24.2 Å². The fourth-order valence-electron chi connectivity index (χ4n) is 2.18. The summed E-state index contributed by atoms with van der Waals surface area (Å²) in [6.45, 7) is 4.82. The summed E-state index contributed by atoms with van der Waals surface area (Å²) in [6.07, 6.45) is -0.0253. The van der Waals surface area contributed by atoms with E-state index in [1.807, 2.05) is 19.9 Å². The van der Waals surface area contributed by atoms with Gasteiger partial charge < -0.3 is 9.64 Å². The zero-order valence-corrected chi connectivity index (χ0v) is 11.1. The third-order valence-corrected chi connectivity index (χ3v) is 2.96. The van der Waals surface area contributed by atoms with Gasteiger partial charge >= 0.3 is 6.03 Å². The Labute approximate surface area is 112 Å². The van der Waals surface area contributed by atoms with Gasteiger partial charge in [-0.2, -0.15) is 0 Å². The van der Waals surface area contributed by atoms with E-state index in [0.717, 1.165) is 0 Å². The maximum absolute atomic E-state index is 12.0. The molecule has 1 fully saturated rings. The van der Waals surface area contributed by atoms with E-state index < -0.39 is 0 Å². The van der Waals surface area contributed by atoms with Gasteiger partial charge in [-0.3, -0.25) is 10.1 Å². The first-order valence-electron chi connectivity index (χ1n) is 6.37. The van der Waals surface area contributed by atoms with Crippen molar-refractivity contribution in [3.63, 3.8) is 0 Å². The van der Waals surface area contributed by atoms with Gasteiger partial charge in [0.1, 0.15) is 0 Å². The minimum atomic E-state index is -0.377. The maximum atomic E-state index is 12.0. The molecule has 5 nitrogen and oxygen atoms in total. The number of nitrogens with zero attached hydrogens (tertiary/aromatic N) is 1. The quantitative estimate of drug-likeness (QED) is 0.837. The molecule has 0 unspecified atom stereocenters. The van der Waals surface area contributed by atoms with E-state index in [9.17, 15) is 9.59 Å². The van der Waals surface area contributed by atoms with Crippen LogP contribution in [0.2, 0.25) is 0 Å². The molecule has 19 heavy (non-hydrogen) atoms. The molecule has 0 spiro atoms. The topological polar surface area (TPSA) is 58.6 Å². The van der Waals surface area contributed by atoms with Crippen LogP contribution >= 0.6 is 0 Å². The van der Waals surface area contributed by atoms with Gasteiger partial charge in [0.15, 0.2) is 0 Å². The van der Waals surface area contributed by atoms with E-state index in [2.05, 4.69) is 5.32 Å². The van der Waals surface area contributed by atoms with Crippen molar-refractivity contribution in [2.24, 2.45) is 0 Å². The highest BCUT2D eigenvalue weighted by Crippen LogP contribution is 2.10. The Morgan fingerprint density at radius 1 is 1.16 bits per heavy atom. The lowest BCUT2D eigenvalue weighted by Crippen LogP contribution is -2.52. The van der Waals surface area contributed by atoms with E-state index in [1.165, 1.54) is 0 Å². The van der Waals surface area contributed by atoms with Gasteiger partial charge in [-0.25, -0.2) is 4.79 Å². The molecule has 3 amide bonds. The number of nitrogens with one attached hydrogen (secondary N) is 1. The minimum Gasteiger partial charge on any atom is -0.372 e. The summed E-state index contributed by atoms with van der Waals surface area (Å²) in [5, 5.41) is 2.40. The molecule has 1 aliphatic heterocycles. The Kier molecular flexibility index (Phi) is 4.16. The summed E-state index contributed by atoms with van der Waals surface area (Å²) in [5.74, 6) is -0.377. The number of hydrogen-bond donors (Lipinski definition) is 1. The standard InChI is InChI=1S/C14H18N2O3/c1-10-8-16(9-11(2)19-10)14(18)15-13(17)12-6-4-3-5-7-12/h3-7,10-11H,8-9H2,1-2H3,(H,15,17,18)/t10-,11-/m1/s1. The van der Waals surface area contributed by atoms with Crippen LogP contribution in [-0.4, -0.2) is 42.1 Å². The normalized spacial score (nSPS) is 22.9. The van der Waals surface area contributed by atoms with Crippen LogP contribution in [0.15, 0.2) is 30.3 Å². The Morgan fingerprint density at radius 2 is 1.74 bits per heavy atom. The lowest BCUT2D eigenvalue weighted by molar-refractivity contribution is -0.0543. The first-order valence-corrected chi connectivity index (χ1v) is 6.37. The van der Waals surface area contributed by atoms with Gasteiger partial charge in [0.05, 0.1) is 12.2 Å². The molecule has 2 atom stereocenters. The third kappa shape index (κ3) is 3.54. The van der Waals surface area contributed by atoms with Crippen molar-refractivity contribution in [1.82, 2.24) is 10.2 Å². The van der Waals surface area contributed by atoms with E-state index in [1.54, 1.807) is 29.2 Å². The number of hydrogen-bond acceptors (Lipinski definition) is 3. The summed E-state index contributed by atoms with van der Waals surface area (Å²) < 4.78 is 5.55. The summed E-state index contributed by atoms with van der Waals surface area (Å²) in [6, 6.07) is 8.33. The number of carbonyl (C=O) groups is 2. The van der Waals surface area contributed by atoms with E-state index >= 15 is 0 Å². The summed E-state index contributed by atoms with van der Waals surface area (Å²) >= 11 is 0. The van der Waals surface area contributed by atoms with E-state index in [-0.39, 0.29) is 24.1 Å². The monoisotopic (exact) mass is 262 g/mol. The van der Waals surface area contributed by atoms with Crippen molar-refractivity contribution < 1.29 is 14.3 Å². The molecule has 5 heteroatoms. The molecule has 0 aliphatic carbocycles. The molecule has 0 aromatic heterocycles. The third-order valence-electron chi connectivity index (χ3n) is 2.96. The smallest absolute Gasteiger partial charge is 0.324 e. The number of ether oxygens (including phenoxy) is 1. The molecular weight excluding hydrogens is 244 g/mol. The lowest BCUT2D eigenvalue weighted by atomic mass is 10.2. The molecular formula is C14H18N2O3. The molecule has 0 saturated carbocycles. The number of morpholine rings is 1. The number of rotatable bonds is 1. The first-order chi connectivity index (χ1) is 9.06. The average Bonchev–Trinajstić information content (AvgIpc) is 2.38. The molecule has 0 bridgehead atoms. The second kappa shape index (κ2) is 5.84. The predicted molar refractivity (Wildman–Crippen MR) is 70.9 cm³/mol. The van der Waals surface area contributed by atoms with Crippen molar-refractivity contribution >= 4 is 11.9 Å². The maximum Gasteiger partial charge on any atom is 0.324 e. The minimum absolute atomic E-state index is 0.0127. The number of benzene rings is 1. The van der Waals surface area contributed by atoms with Crippen LogP contribution in [0, 0.1) is 0 Å². The fourth-order valence-corrected chi connectivity index (χ4v) is 2.18. The van der Waals surface area contributed by atoms with Crippen LogP contribution in [0.3, 0.4) is 0 Å². The van der Waals surface area contributed by atoms with Crippen LogP contribution in [0.5, 0.6) is 0 Å². The van der Waals surface area contributed by atoms with Gasteiger partial charge in [-0.1, -0.05) is 18.2 Å². The molecule has 102 valence electrons. The molecule has 2 rings (SSSR count). The highest BCUT2D eigenvalue weighted by molar-refractivity contribution is 6.04. The predicted octanol–water partition coefficient (Wildman–Crippen LogP) is 1.65. The van der Waals surface area contributed by atoms with Crippen molar-refractivity contribution in [2.75, 3.05) is 13.1 Å². The highest BCUT2D eigenvalue weighted by Gasteiger charge is 2.26. The highest BCUT2D eigenvalue weighted by atomic mass is 16.5. The Morgan fingerprint density at radius 3 is 2.32 bits per heavy atom. The fraction of sp³-hybridized carbons (Fsp3) is 0.429. The molecule has 0 radical (unpaired) electrons. The number of amides is 3. The molecule has 1 aromatic rings. The molecule has 1 aromatic carbocycles. The van der Waals surface area contributed by atoms with Gasteiger partial charge in [0.2, 0.25) is 0 Å². The van der Waals surface area contributed by atoms with Crippen molar-refractivity contribution in [1.29, 1.82) is 0 Å². The average molecular weight is 262 g/mol. The SMILES string of the molecule is C[C@@H]1CN(C(=O)NC(=O)c2ccccc2)C[C@@H](C)O1. The summed E-state index contributed by atoms with van der Waals surface area (Å²) in [5.41, 5.74) is 0.477. The van der Waals surface area contributed by atoms with Crippen LogP contribution in [0.4, 0.5) is 4.79 Å².